The molecule has 0 bridgehead atoms. The average Bonchev–Trinajstić information content (AvgIpc) is 2.54. The lowest BCUT2D eigenvalue weighted by atomic mass is 9.73. The van der Waals surface area contributed by atoms with Gasteiger partial charge in [0.2, 0.25) is 0 Å². The summed E-state index contributed by atoms with van der Waals surface area (Å²) in [6, 6.07) is 7.19. The van der Waals surface area contributed by atoms with Crippen LogP contribution in [0.4, 0.5) is 0 Å². The van der Waals surface area contributed by atoms with Crippen molar-refractivity contribution in [1.29, 1.82) is 0 Å². The molecule has 3 nitrogen and oxygen atoms in total. The van der Waals surface area contributed by atoms with Gasteiger partial charge in [0.05, 0.1) is 12.6 Å². The molecule has 2 atom stereocenters. The fraction of sp³-hybridized carbons (Fsp3) is 0.667. The van der Waals surface area contributed by atoms with Gasteiger partial charge < -0.3 is 10.5 Å². The third kappa shape index (κ3) is 2.47. The summed E-state index contributed by atoms with van der Waals surface area (Å²) in [6.07, 6.45) is 7.52. The van der Waals surface area contributed by atoms with Crippen LogP contribution in [0, 0.1) is 0 Å². The van der Waals surface area contributed by atoms with E-state index in [4.69, 9.17) is 10.5 Å². The Kier molecular flexibility index (Phi) is 4.23. The summed E-state index contributed by atoms with van der Waals surface area (Å²) in [5.41, 5.74) is 9.25. The van der Waals surface area contributed by atoms with Gasteiger partial charge in [-0.15, -0.1) is 0 Å². The predicted molar refractivity (Wildman–Crippen MR) is 86.7 cm³/mol. The van der Waals surface area contributed by atoms with E-state index in [1.54, 1.807) is 7.11 Å². The Morgan fingerprint density at radius 3 is 2.90 bits per heavy atom. The molecule has 2 unspecified atom stereocenters. The normalized spacial score (nSPS) is 30.0. The van der Waals surface area contributed by atoms with E-state index in [1.165, 1.54) is 56.2 Å². The van der Waals surface area contributed by atoms with Crippen LogP contribution in [0.15, 0.2) is 18.2 Å². The molecule has 21 heavy (non-hydrogen) atoms. The first-order valence-electron chi connectivity index (χ1n) is 8.35. The monoisotopic (exact) mass is 288 g/mol. The SMILES string of the molecule is COc1ccc2c(c1)C(CN)(N1CCCCC1C)CCC2. The zero-order valence-electron chi connectivity index (χ0n) is 13.4. The number of fused-ring (bicyclic) bond motifs is 1. The van der Waals surface area contributed by atoms with Gasteiger partial charge in [0.15, 0.2) is 0 Å². The molecule has 3 heteroatoms. The highest BCUT2D eigenvalue weighted by Crippen LogP contribution is 2.43. The zero-order chi connectivity index (χ0) is 14.9. The van der Waals surface area contributed by atoms with E-state index < -0.39 is 0 Å². The molecule has 116 valence electrons. The lowest BCUT2D eigenvalue weighted by Gasteiger charge is -2.51. The number of methoxy groups -OCH3 is 1. The molecule has 1 aliphatic heterocycles. The molecular formula is C18H28N2O. The summed E-state index contributed by atoms with van der Waals surface area (Å²) in [7, 11) is 1.75. The second kappa shape index (κ2) is 5.98. The minimum atomic E-state index is 0.0158. The van der Waals surface area contributed by atoms with E-state index in [9.17, 15) is 0 Å². The molecule has 0 amide bonds. The van der Waals surface area contributed by atoms with Crippen LogP contribution < -0.4 is 10.5 Å². The van der Waals surface area contributed by atoms with Gasteiger partial charge in [-0.05, 0) is 68.8 Å². The average molecular weight is 288 g/mol. The van der Waals surface area contributed by atoms with Gasteiger partial charge in [-0.3, -0.25) is 4.90 Å². The van der Waals surface area contributed by atoms with E-state index in [2.05, 4.69) is 30.0 Å². The highest BCUT2D eigenvalue weighted by atomic mass is 16.5. The minimum absolute atomic E-state index is 0.0158. The maximum absolute atomic E-state index is 6.36. The van der Waals surface area contributed by atoms with Gasteiger partial charge in [-0.1, -0.05) is 12.5 Å². The van der Waals surface area contributed by atoms with Gasteiger partial charge in [-0.2, -0.15) is 0 Å². The molecule has 1 saturated heterocycles. The Morgan fingerprint density at radius 1 is 1.33 bits per heavy atom. The molecule has 0 radical (unpaired) electrons. The van der Waals surface area contributed by atoms with Gasteiger partial charge >= 0.3 is 0 Å². The van der Waals surface area contributed by atoms with Crippen molar-refractivity contribution in [3.05, 3.63) is 29.3 Å². The molecule has 2 aliphatic rings. The van der Waals surface area contributed by atoms with Gasteiger partial charge in [0, 0.05) is 12.6 Å². The van der Waals surface area contributed by atoms with Crippen molar-refractivity contribution in [3.8, 4) is 5.75 Å². The Balaban J connectivity index is 2.06. The number of nitrogens with two attached hydrogens (primary N) is 1. The van der Waals surface area contributed by atoms with Crippen molar-refractivity contribution in [2.45, 2.75) is 57.0 Å². The molecule has 3 rings (SSSR count). The number of benzene rings is 1. The van der Waals surface area contributed by atoms with Gasteiger partial charge in [-0.25, -0.2) is 0 Å². The molecule has 2 N–H and O–H groups in total. The zero-order valence-corrected chi connectivity index (χ0v) is 13.4. The third-order valence-corrected chi connectivity index (χ3v) is 5.55. The van der Waals surface area contributed by atoms with Crippen LogP contribution in [-0.2, 0) is 12.0 Å². The lowest BCUT2D eigenvalue weighted by Crippen LogP contribution is -2.57. The number of hydrogen-bond acceptors (Lipinski definition) is 3. The fourth-order valence-electron chi connectivity index (χ4n) is 4.40. The summed E-state index contributed by atoms with van der Waals surface area (Å²) in [4.78, 5) is 2.69. The van der Waals surface area contributed by atoms with Crippen LogP contribution in [0.5, 0.6) is 5.75 Å². The van der Waals surface area contributed by atoms with E-state index in [0.29, 0.717) is 12.6 Å². The molecule has 1 aromatic rings. The summed E-state index contributed by atoms with van der Waals surface area (Å²) in [6.45, 7) is 4.25. The number of likely N-dealkylation sites (tertiary alicyclic amines) is 1. The van der Waals surface area contributed by atoms with E-state index in [-0.39, 0.29) is 5.54 Å². The first kappa shape index (κ1) is 14.9. The Bertz CT molecular complexity index is 502. The Hall–Kier alpha value is -1.06. The highest BCUT2D eigenvalue weighted by Gasteiger charge is 2.43. The summed E-state index contributed by atoms with van der Waals surface area (Å²) >= 11 is 0. The van der Waals surface area contributed by atoms with Crippen LogP contribution >= 0.6 is 0 Å². The number of hydrogen-bond donors (Lipinski definition) is 1. The largest absolute Gasteiger partial charge is 0.497 e. The molecule has 0 spiro atoms. The van der Waals surface area contributed by atoms with Crippen LogP contribution in [0.25, 0.3) is 0 Å². The van der Waals surface area contributed by atoms with Crippen molar-refractivity contribution in [2.24, 2.45) is 5.73 Å². The number of piperidine rings is 1. The second-order valence-corrected chi connectivity index (χ2v) is 6.65. The molecule has 1 heterocycles. The van der Waals surface area contributed by atoms with Gasteiger partial charge in [0.25, 0.3) is 0 Å². The van der Waals surface area contributed by atoms with Crippen LogP contribution in [0.2, 0.25) is 0 Å². The van der Waals surface area contributed by atoms with Crippen molar-refractivity contribution < 1.29 is 4.74 Å². The quantitative estimate of drug-likeness (QED) is 0.929. The third-order valence-electron chi connectivity index (χ3n) is 5.55. The Labute approximate surface area is 128 Å². The fourth-order valence-corrected chi connectivity index (χ4v) is 4.40. The second-order valence-electron chi connectivity index (χ2n) is 6.65. The first-order chi connectivity index (χ1) is 10.2. The van der Waals surface area contributed by atoms with E-state index >= 15 is 0 Å². The molecule has 0 aromatic heterocycles. The van der Waals surface area contributed by atoms with Crippen molar-refractivity contribution in [1.82, 2.24) is 4.90 Å². The van der Waals surface area contributed by atoms with Crippen molar-refractivity contribution in [3.63, 3.8) is 0 Å². The maximum Gasteiger partial charge on any atom is 0.119 e. The minimum Gasteiger partial charge on any atom is -0.497 e. The molecule has 1 aliphatic carbocycles. The van der Waals surface area contributed by atoms with Gasteiger partial charge in [0.1, 0.15) is 5.75 Å². The molecule has 0 saturated carbocycles. The number of aryl methyl sites for hydroxylation is 1. The standard InChI is InChI=1S/C18H28N2O/c1-14-6-3-4-11-20(14)18(13-19)10-5-7-15-8-9-16(21-2)12-17(15)18/h8-9,12,14H,3-7,10-11,13,19H2,1-2H3. The topological polar surface area (TPSA) is 38.5 Å². The summed E-state index contributed by atoms with van der Waals surface area (Å²) in [5.74, 6) is 0.957. The van der Waals surface area contributed by atoms with Crippen LogP contribution in [0.1, 0.15) is 50.2 Å². The number of rotatable bonds is 3. The van der Waals surface area contributed by atoms with Crippen molar-refractivity contribution in [2.75, 3.05) is 20.2 Å². The van der Waals surface area contributed by atoms with E-state index in [1.807, 2.05) is 0 Å². The molecular weight excluding hydrogens is 260 g/mol. The molecule has 1 fully saturated rings. The lowest BCUT2D eigenvalue weighted by molar-refractivity contribution is 0.0140. The number of nitrogens with zero attached hydrogens (tertiary/aromatic N) is 1. The van der Waals surface area contributed by atoms with Crippen LogP contribution in [-0.4, -0.2) is 31.1 Å². The van der Waals surface area contributed by atoms with Crippen molar-refractivity contribution >= 4 is 0 Å². The highest BCUT2D eigenvalue weighted by molar-refractivity contribution is 5.42. The summed E-state index contributed by atoms with van der Waals surface area (Å²) < 4.78 is 5.47. The predicted octanol–water partition coefficient (Wildman–Crippen LogP) is 3.06. The van der Waals surface area contributed by atoms with Crippen LogP contribution in [0.3, 0.4) is 0 Å². The molecule has 1 aromatic carbocycles. The summed E-state index contributed by atoms with van der Waals surface area (Å²) in [5, 5.41) is 0. The first-order valence-corrected chi connectivity index (χ1v) is 8.35. The maximum atomic E-state index is 6.36. The number of ether oxygens (including phenoxy) is 1. The van der Waals surface area contributed by atoms with E-state index in [0.717, 1.165) is 5.75 Å². The smallest absolute Gasteiger partial charge is 0.119 e. The Morgan fingerprint density at radius 2 is 2.19 bits per heavy atom.